The molecule has 0 spiro atoms. The number of benzene rings is 1. The Balaban J connectivity index is 2.10. The van der Waals surface area contributed by atoms with Crippen molar-refractivity contribution in [1.29, 1.82) is 0 Å². The molecule has 2 rings (SSSR count). The minimum atomic E-state index is 0.0182. The highest BCUT2D eigenvalue weighted by Gasteiger charge is 2.21. The van der Waals surface area contributed by atoms with E-state index in [2.05, 4.69) is 10.6 Å². The van der Waals surface area contributed by atoms with Crippen LogP contribution in [0.25, 0.3) is 0 Å². The normalized spacial score (nSPS) is 18.7. The Hall–Kier alpha value is -1.75. The Morgan fingerprint density at radius 2 is 2.21 bits per heavy atom. The van der Waals surface area contributed by atoms with Crippen LogP contribution in [0.5, 0.6) is 11.5 Å². The summed E-state index contributed by atoms with van der Waals surface area (Å²) in [5, 5.41) is 6.16. The van der Waals surface area contributed by atoms with E-state index in [4.69, 9.17) is 9.47 Å². The minimum absolute atomic E-state index is 0.0182. The number of amides is 1. The predicted molar refractivity (Wildman–Crippen MR) is 73.8 cm³/mol. The number of anilines is 1. The molecule has 5 nitrogen and oxygen atoms in total. The van der Waals surface area contributed by atoms with E-state index in [0.29, 0.717) is 17.2 Å². The van der Waals surface area contributed by atoms with E-state index in [1.165, 1.54) is 0 Å². The quantitative estimate of drug-likeness (QED) is 0.868. The molecular weight excluding hydrogens is 244 g/mol. The van der Waals surface area contributed by atoms with Crippen LogP contribution in [-0.2, 0) is 4.79 Å². The smallest absolute Gasteiger partial charge is 0.228 e. The molecule has 1 atom stereocenters. The Bertz CT molecular complexity index is 442. The first-order valence-electron chi connectivity index (χ1n) is 6.48. The van der Waals surface area contributed by atoms with Crippen LogP contribution >= 0.6 is 0 Å². The van der Waals surface area contributed by atoms with E-state index in [1.807, 2.05) is 0 Å². The molecule has 1 aromatic carbocycles. The third-order valence-corrected chi connectivity index (χ3v) is 3.33. The highest BCUT2D eigenvalue weighted by atomic mass is 16.5. The second-order valence-electron chi connectivity index (χ2n) is 4.60. The Labute approximate surface area is 113 Å². The summed E-state index contributed by atoms with van der Waals surface area (Å²) in [7, 11) is 3.18. The van der Waals surface area contributed by atoms with Crippen molar-refractivity contribution in [1.82, 2.24) is 5.32 Å². The Morgan fingerprint density at radius 3 is 2.84 bits per heavy atom. The van der Waals surface area contributed by atoms with Gasteiger partial charge >= 0.3 is 0 Å². The molecular formula is C14H20N2O3. The van der Waals surface area contributed by atoms with E-state index < -0.39 is 0 Å². The third-order valence-electron chi connectivity index (χ3n) is 3.33. The highest BCUT2D eigenvalue weighted by molar-refractivity contribution is 5.94. The number of carbonyl (C=O) groups excluding carboxylic acids is 1. The monoisotopic (exact) mass is 264 g/mol. The molecule has 0 aliphatic carbocycles. The van der Waals surface area contributed by atoms with Gasteiger partial charge in [-0.3, -0.25) is 4.79 Å². The Kier molecular flexibility index (Phi) is 4.63. The molecule has 1 aromatic rings. The largest absolute Gasteiger partial charge is 0.497 e. The molecule has 0 aromatic heterocycles. The predicted octanol–water partition coefficient (Wildman–Crippen LogP) is 1.64. The molecule has 0 bridgehead atoms. The molecule has 1 saturated heterocycles. The first kappa shape index (κ1) is 13.7. The maximum absolute atomic E-state index is 12.2. The molecule has 104 valence electrons. The summed E-state index contributed by atoms with van der Waals surface area (Å²) < 4.78 is 10.4. The number of ether oxygens (including phenoxy) is 2. The van der Waals surface area contributed by atoms with Crippen molar-refractivity contribution in [3.8, 4) is 11.5 Å². The summed E-state index contributed by atoms with van der Waals surface area (Å²) in [5.41, 5.74) is 0.650. The summed E-state index contributed by atoms with van der Waals surface area (Å²) in [6.45, 7) is 1.73. The van der Waals surface area contributed by atoms with Gasteiger partial charge in [-0.2, -0.15) is 0 Å². The van der Waals surface area contributed by atoms with Gasteiger partial charge in [-0.05, 0) is 31.5 Å². The number of carbonyl (C=O) groups is 1. The van der Waals surface area contributed by atoms with E-state index in [1.54, 1.807) is 32.4 Å². The van der Waals surface area contributed by atoms with Gasteiger partial charge < -0.3 is 20.1 Å². The van der Waals surface area contributed by atoms with Crippen LogP contribution in [0.3, 0.4) is 0 Å². The van der Waals surface area contributed by atoms with Gasteiger partial charge in [0.15, 0.2) is 0 Å². The SMILES string of the molecule is COc1ccc(OC)c(NC(=O)[C@H]2CCCNC2)c1. The molecule has 0 radical (unpaired) electrons. The average Bonchev–Trinajstić information content (AvgIpc) is 2.48. The minimum Gasteiger partial charge on any atom is -0.497 e. The number of nitrogens with one attached hydrogen (secondary N) is 2. The van der Waals surface area contributed by atoms with E-state index in [9.17, 15) is 4.79 Å². The van der Waals surface area contributed by atoms with Gasteiger partial charge in [0.05, 0.1) is 25.8 Å². The molecule has 19 heavy (non-hydrogen) atoms. The van der Waals surface area contributed by atoms with Crippen LogP contribution in [-0.4, -0.2) is 33.2 Å². The van der Waals surface area contributed by atoms with E-state index in [-0.39, 0.29) is 11.8 Å². The van der Waals surface area contributed by atoms with Crippen molar-refractivity contribution in [2.45, 2.75) is 12.8 Å². The van der Waals surface area contributed by atoms with Crippen molar-refractivity contribution in [2.24, 2.45) is 5.92 Å². The fourth-order valence-corrected chi connectivity index (χ4v) is 2.22. The van der Waals surface area contributed by atoms with Crippen molar-refractivity contribution in [3.05, 3.63) is 18.2 Å². The molecule has 1 amide bonds. The van der Waals surface area contributed by atoms with E-state index in [0.717, 1.165) is 25.9 Å². The highest BCUT2D eigenvalue weighted by Crippen LogP contribution is 2.29. The number of rotatable bonds is 4. The second kappa shape index (κ2) is 6.43. The van der Waals surface area contributed by atoms with Crippen LogP contribution in [0, 0.1) is 5.92 Å². The second-order valence-corrected chi connectivity index (χ2v) is 4.60. The maximum atomic E-state index is 12.2. The van der Waals surface area contributed by atoms with Crippen LogP contribution in [0.1, 0.15) is 12.8 Å². The zero-order valence-electron chi connectivity index (χ0n) is 11.4. The summed E-state index contributed by atoms with van der Waals surface area (Å²) in [6, 6.07) is 5.36. The summed E-state index contributed by atoms with van der Waals surface area (Å²) in [4.78, 5) is 12.2. The lowest BCUT2D eigenvalue weighted by molar-refractivity contribution is -0.120. The standard InChI is InChI=1S/C14H20N2O3/c1-18-11-5-6-13(19-2)12(8-11)16-14(17)10-4-3-7-15-9-10/h5-6,8,10,15H,3-4,7,9H2,1-2H3,(H,16,17)/t10-/m0/s1. The fourth-order valence-electron chi connectivity index (χ4n) is 2.22. The lowest BCUT2D eigenvalue weighted by atomic mass is 9.99. The molecule has 1 aliphatic rings. The van der Waals surface area contributed by atoms with Gasteiger partial charge in [0.2, 0.25) is 5.91 Å². The van der Waals surface area contributed by atoms with Gasteiger partial charge in [0, 0.05) is 12.6 Å². The molecule has 1 fully saturated rings. The van der Waals surface area contributed by atoms with Crippen LogP contribution < -0.4 is 20.1 Å². The number of hydrogen-bond donors (Lipinski definition) is 2. The van der Waals surface area contributed by atoms with Gasteiger partial charge in [-0.15, -0.1) is 0 Å². The summed E-state index contributed by atoms with van der Waals surface area (Å²) in [5.74, 6) is 1.37. The first-order valence-corrected chi connectivity index (χ1v) is 6.48. The van der Waals surface area contributed by atoms with Gasteiger partial charge in [0.25, 0.3) is 0 Å². The summed E-state index contributed by atoms with van der Waals surface area (Å²) in [6.07, 6.45) is 1.96. The zero-order valence-corrected chi connectivity index (χ0v) is 11.4. The fraction of sp³-hybridized carbons (Fsp3) is 0.500. The van der Waals surface area contributed by atoms with Gasteiger partial charge in [-0.25, -0.2) is 0 Å². The molecule has 1 aliphatic heterocycles. The third kappa shape index (κ3) is 3.38. The lowest BCUT2D eigenvalue weighted by Gasteiger charge is -2.22. The first-order chi connectivity index (χ1) is 9.24. The van der Waals surface area contributed by atoms with Gasteiger partial charge in [0.1, 0.15) is 11.5 Å². The average molecular weight is 264 g/mol. The van der Waals surface area contributed by atoms with Crippen molar-refractivity contribution in [2.75, 3.05) is 32.6 Å². The van der Waals surface area contributed by atoms with Crippen molar-refractivity contribution in [3.63, 3.8) is 0 Å². The van der Waals surface area contributed by atoms with Gasteiger partial charge in [-0.1, -0.05) is 0 Å². The van der Waals surface area contributed by atoms with Crippen molar-refractivity contribution < 1.29 is 14.3 Å². The zero-order chi connectivity index (χ0) is 13.7. The lowest BCUT2D eigenvalue weighted by Crippen LogP contribution is -2.37. The topological polar surface area (TPSA) is 59.6 Å². The Morgan fingerprint density at radius 1 is 1.37 bits per heavy atom. The number of piperidine rings is 1. The maximum Gasteiger partial charge on any atom is 0.228 e. The molecule has 0 unspecified atom stereocenters. The molecule has 5 heteroatoms. The summed E-state index contributed by atoms with van der Waals surface area (Å²) >= 11 is 0. The van der Waals surface area contributed by atoms with Crippen LogP contribution in [0.2, 0.25) is 0 Å². The van der Waals surface area contributed by atoms with Crippen molar-refractivity contribution >= 4 is 11.6 Å². The molecule has 2 N–H and O–H groups in total. The van der Waals surface area contributed by atoms with Crippen LogP contribution in [0.15, 0.2) is 18.2 Å². The number of hydrogen-bond acceptors (Lipinski definition) is 4. The van der Waals surface area contributed by atoms with E-state index >= 15 is 0 Å². The molecule has 1 heterocycles. The molecule has 0 saturated carbocycles. The van der Waals surface area contributed by atoms with Crippen LogP contribution in [0.4, 0.5) is 5.69 Å². The number of methoxy groups -OCH3 is 2.